The highest BCUT2D eigenvalue weighted by Crippen LogP contribution is 2.36. The molecule has 0 unspecified atom stereocenters. The Balaban J connectivity index is 1.44. The van der Waals surface area contributed by atoms with Gasteiger partial charge in [0.25, 0.3) is 17.1 Å². The van der Waals surface area contributed by atoms with E-state index in [4.69, 9.17) is 21.1 Å². The van der Waals surface area contributed by atoms with Crippen LogP contribution in [0.5, 0.6) is 11.5 Å². The zero-order chi connectivity index (χ0) is 27.2. The first kappa shape index (κ1) is 27.2. The lowest BCUT2D eigenvalue weighted by Gasteiger charge is -2.14. The van der Waals surface area contributed by atoms with Crippen LogP contribution in [0.4, 0.5) is 14.9 Å². The van der Waals surface area contributed by atoms with Gasteiger partial charge in [-0.25, -0.2) is 4.39 Å². The lowest BCUT2D eigenvalue weighted by atomic mass is 10.1. The number of nitrogens with one attached hydrogen (secondary N) is 1. The number of hydrogen-bond donors (Lipinski definition) is 1. The first-order chi connectivity index (χ1) is 18.2. The number of anilines is 1. The summed E-state index contributed by atoms with van der Waals surface area (Å²) in [7, 11) is 0. The largest absolute Gasteiger partial charge is 0.490 e. The number of benzene rings is 3. The van der Waals surface area contributed by atoms with Crippen LogP contribution in [0.1, 0.15) is 23.6 Å². The first-order valence-electron chi connectivity index (χ1n) is 11.7. The van der Waals surface area contributed by atoms with Crippen molar-refractivity contribution in [1.29, 1.82) is 0 Å². The fraction of sp³-hybridized carbons (Fsp3) is 0.179. The van der Waals surface area contributed by atoms with Crippen molar-refractivity contribution in [2.45, 2.75) is 20.4 Å². The summed E-state index contributed by atoms with van der Waals surface area (Å²) >= 11 is 6.86. The van der Waals surface area contributed by atoms with Crippen LogP contribution in [-0.4, -0.2) is 35.2 Å². The number of nitrogens with zero attached hydrogens (tertiary/aromatic N) is 1. The second kappa shape index (κ2) is 12.1. The molecule has 1 aliphatic heterocycles. The average molecular weight is 555 g/mol. The molecule has 38 heavy (non-hydrogen) atoms. The van der Waals surface area contributed by atoms with Crippen LogP contribution in [0.15, 0.2) is 65.6 Å². The molecule has 0 spiro atoms. The first-order valence-corrected chi connectivity index (χ1v) is 12.9. The summed E-state index contributed by atoms with van der Waals surface area (Å²) in [6, 6.07) is 16.2. The van der Waals surface area contributed by atoms with E-state index in [1.54, 1.807) is 24.3 Å². The summed E-state index contributed by atoms with van der Waals surface area (Å²) in [5, 5.41) is 2.45. The molecule has 4 rings (SSSR count). The van der Waals surface area contributed by atoms with Gasteiger partial charge in [-0.2, -0.15) is 0 Å². The molecule has 0 bridgehead atoms. The summed E-state index contributed by atoms with van der Waals surface area (Å²) in [5.74, 6) is -0.553. The smallest absolute Gasteiger partial charge is 0.293 e. The van der Waals surface area contributed by atoms with Crippen LogP contribution in [-0.2, 0) is 16.1 Å². The zero-order valence-corrected chi connectivity index (χ0v) is 22.2. The van der Waals surface area contributed by atoms with E-state index in [-0.39, 0.29) is 29.0 Å². The van der Waals surface area contributed by atoms with Crippen molar-refractivity contribution in [2.75, 3.05) is 18.5 Å². The molecule has 0 aliphatic carbocycles. The van der Waals surface area contributed by atoms with Crippen molar-refractivity contribution in [2.24, 2.45) is 0 Å². The van der Waals surface area contributed by atoms with Crippen molar-refractivity contribution in [3.8, 4) is 11.5 Å². The minimum atomic E-state index is -0.503. The van der Waals surface area contributed by atoms with Crippen molar-refractivity contribution in [3.05, 3.63) is 93.1 Å². The molecule has 7 nitrogen and oxygen atoms in total. The molecular weight excluding hydrogens is 531 g/mol. The van der Waals surface area contributed by atoms with Crippen LogP contribution < -0.4 is 14.8 Å². The van der Waals surface area contributed by atoms with Gasteiger partial charge in [-0.1, -0.05) is 41.4 Å². The summed E-state index contributed by atoms with van der Waals surface area (Å²) in [6.45, 7) is 3.83. The van der Waals surface area contributed by atoms with Gasteiger partial charge in [0, 0.05) is 10.7 Å². The molecule has 0 aromatic heterocycles. The number of imide groups is 1. The molecule has 196 valence electrons. The SMILES string of the molecule is CCOc1cc(/C=C2\SC(=O)N(Cc3ccc(F)cc3Cl)C2=O)ccc1OCC(=O)Nc1ccc(C)cc1. The minimum Gasteiger partial charge on any atom is -0.490 e. The number of carbonyl (C=O) groups is 3. The average Bonchev–Trinajstić information content (AvgIpc) is 3.14. The third-order valence-corrected chi connectivity index (χ3v) is 6.74. The van der Waals surface area contributed by atoms with E-state index in [1.807, 2.05) is 38.1 Å². The molecule has 0 saturated carbocycles. The summed E-state index contributed by atoms with van der Waals surface area (Å²) in [4.78, 5) is 39.0. The standard InChI is InChI=1S/C28H24ClFN2O5S/c1-3-36-24-12-18(6-11-23(24)37-16-26(33)31-21-9-4-17(2)5-10-21)13-25-27(34)32(28(35)38-25)15-19-7-8-20(30)14-22(19)29/h4-14H,3,15-16H2,1-2H3,(H,31,33)/b25-13-. The van der Waals surface area contributed by atoms with Gasteiger partial charge in [-0.15, -0.1) is 0 Å². The fourth-order valence-corrected chi connectivity index (χ4v) is 4.65. The number of carbonyl (C=O) groups excluding carboxylic acids is 3. The lowest BCUT2D eigenvalue weighted by Crippen LogP contribution is -2.27. The Morgan fingerprint density at radius 1 is 1.05 bits per heavy atom. The highest BCUT2D eigenvalue weighted by atomic mass is 35.5. The van der Waals surface area contributed by atoms with Crippen molar-refractivity contribution >= 4 is 52.2 Å². The van der Waals surface area contributed by atoms with E-state index in [0.29, 0.717) is 34.9 Å². The molecular formula is C28H24ClFN2O5S. The monoisotopic (exact) mass is 554 g/mol. The third-order valence-electron chi connectivity index (χ3n) is 5.48. The van der Waals surface area contributed by atoms with Gasteiger partial charge in [0.05, 0.1) is 18.1 Å². The molecule has 3 amide bonds. The highest BCUT2D eigenvalue weighted by Gasteiger charge is 2.35. The molecule has 3 aromatic carbocycles. The van der Waals surface area contributed by atoms with E-state index >= 15 is 0 Å². The number of halogens is 2. The molecule has 1 heterocycles. The van der Waals surface area contributed by atoms with Crippen molar-refractivity contribution in [3.63, 3.8) is 0 Å². The summed E-state index contributed by atoms with van der Waals surface area (Å²) in [5.41, 5.74) is 2.82. The molecule has 3 aromatic rings. The Morgan fingerprint density at radius 3 is 2.53 bits per heavy atom. The normalized spacial score (nSPS) is 14.2. The second-order valence-electron chi connectivity index (χ2n) is 8.35. The third kappa shape index (κ3) is 6.73. The van der Waals surface area contributed by atoms with Gasteiger partial charge < -0.3 is 14.8 Å². The number of aryl methyl sites for hydroxylation is 1. The quantitative estimate of drug-likeness (QED) is 0.306. The van der Waals surface area contributed by atoms with Crippen LogP contribution in [0.3, 0.4) is 0 Å². The molecule has 1 saturated heterocycles. The number of hydrogen-bond acceptors (Lipinski definition) is 6. The predicted molar refractivity (Wildman–Crippen MR) is 146 cm³/mol. The summed E-state index contributed by atoms with van der Waals surface area (Å²) < 4.78 is 24.7. The maximum Gasteiger partial charge on any atom is 0.293 e. The van der Waals surface area contributed by atoms with Gasteiger partial charge in [0.1, 0.15) is 5.82 Å². The Morgan fingerprint density at radius 2 is 1.82 bits per heavy atom. The highest BCUT2D eigenvalue weighted by molar-refractivity contribution is 8.18. The van der Waals surface area contributed by atoms with Crippen LogP contribution in [0, 0.1) is 12.7 Å². The maximum absolute atomic E-state index is 13.3. The molecule has 1 N–H and O–H groups in total. The van der Waals surface area contributed by atoms with Crippen LogP contribution in [0.25, 0.3) is 6.08 Å². The van der Waals surface area contributed by atoms with Crippen molar-refractivity contribution < 1.29 is 28.2 Å². The number of thioether (sulfide) groups is 1. The summed E-state index contributed by atoms with van der Waals surface area (Å²) in [6.07, 6.45) is 1.58. The van der Waals surface area contributed by atoms with Gasteiger partial charge in [-0.05, 0) is 79.2 Å². The zero-order valence-electron chi connectivity index (χ0n) is 20.6. The molecule has 0 radical (unpaired) electrons. The number of rotatable bonds is 9. The van der Waals surface area contributed by atoms with Gasteiger partial charge in [0.15, 0.2) is 18.1 Å². The molecule has 1 fully saturated rings. The Hall–Kier alpha value is -3.82. The Labute approximate surface area is 228 Å². The van der Waals surface area contributed by atoms with Gasteiger partial charge in [0.2, 0.25) is 0 Å². The lowest BCUT2D eigenvalue weighted by molar-refractivity contribution is -0.123. The van der Waals surface area contributed by atoms with E-state index in [2.05, 4.69) is 5.32 Å². The van der Waals surface area contributed by atoms with Gasteiger partial charge >= 0.3 is 0 Å². The van der Waals surface area contributed by atoms with Crippen LogP contribution >= 0.6 is 23.4 Å². The van der Waals surface area contributed by atoms with E-state index in [9.17, 15) is 18.8 Å². The number of amides is 3. The molecule has 1 aliphatic rings. The molecule has 10 heteroatoms. The minimum absolute atomic E-state index is 0.0667. The predicted octanol–water partition coefficient (Wildman–Crippen LogP) is 6.44. The number of ether oxygens (including phenoxy) is 2. The van der Waals surface area contributed by atoms with E-state index < -0.39 is 17.0 Å². The van der Waals surface area contributed by atoms with Gasteiger partial charge in [-0.3, -0.25) is 19.3 Å². The topological polar surface area (TPSA) is 84.9 Å². The Bertz CT molecular complexity index is 1410. The molecule has 0 atom stereocenters. The van der Waals surface area contributed by atoms with Crippen molar-refractivity contribution in [1.82, 2.24) is 4.90 Å². The second-order valence-corrected chi connectivity index (χ2v) is 9.75. The van der Waals surface area contributed by atoms with E-state index in [0.717, 1.165) is 28.3 Å². The van der Waals surface area contributed by atoms with E-state index in [1.165, 1.54) is 12.1 Å². The van der Waals surface area contributed by atoms with Crippen LogP contribution in [0.2, 0.25) is 5.02 Å². The maximum atomic E-state index is 13.3. The fourth-order valence-electron chi connectivity index (χ4n) is 3.59. The Kier molecular flexibility index (Phi) is 8.70.